The summed E-state index contributed by atoms with van der Waals surface area (Å²) in [6, 6.07) is 18.2. The Labute approximate surface area is 202 Å². The average molecular weight is 472 g/mol. The van der Waals surface area contributed by atoms with E-state index in [9.17, 15) is 18.8 Å². The summed E-state index contributed by atoms with van der Waals surface area (Å²) in [5, 5.41) is 2.77. The molecule has 3 heterocycles. The molecule has 5 rings (SSSR count). The summed E-state index contributed by atoms with van der Waals surface area (Å²) in [5.74, 6) is -0.965. The van der Waals surface area contributed by atoms with Gasteiger partial charge in [-0.15, -0.1) is 0 Å². The van der Waals surface area contributed by atoms with E-state index in [1.54, 1.807) is 41.3 Å². The van der Waals surface area contributed by atoms with Crippen molar-refractivity contribution in [2.24, 2.45) is 5.92 Å². The number of nitrogens with zero attached hydrogens (tertiary/aromatic N) is 2. The van der Waals surface area contributed by atoms with Crippen molar-refractivity contribution in [3.8, 4) is 0 Å². The maximum atomic E-state index is 13.8. The fourth-order valence-electron chi connectivity index (χ4n) is 5.05. The van der Waals surface area contributed by atoms with Crippen LogP contribution in [0.1, 0.15) is 39.5 Å². The third-order valence-electron chi connectivity index (χ3n) is 6.72. The number of rotatable bonds is 4. The van der Waals surface area contributed by atoms with Gasteiger partial charge in [0.15, 0.2) is 0 Å². The second-order valence-corrected chi connectivity index (χ2v) is 9.34. The highest BCUT2D eigenvalue weighted by molar-refractivity contribution is 6.05. The normalized spacial score (nSPS) is 19.1. The number of carbonyl (C=O) groups excluding carboxylic acids is 2. The fraction of sp³-hybridized carbons (Fsp3) is 0.250. The molecule has 3 aromatic rings. The maximum Gasteiger partial charge on any atom is 0.270 e. The molecule has 1 saturated heterocycles. The van der Waals surface area contributed by atoms with Crippen LogP contribution in [0.4, 0.5) is 4.39 Å². The van der Waals surface area contributed by atoms with E-state index in [0.29, 0.717) is 30.8 Å². The Morgan fingerprint density at radius 3 is 2.54 bits per heavy atom. The lowest BCUT2D eigenvalue weighted by molar-refractivity contribution is -0.130. The number of piperidine rings is 1. The highest BCUT2D eigenvalue weighted by atomic mass is 19.1. The first-order chi connectivity index (χ1) is 16.9. The van der Waals surface area contributed by atoms with Crippen molar-refractivity contribution in [3.05, 3.63) is 111 Å². The van der Waals surface area contributed by atoms with Gasteiger partial charge in [0.25, 0.3) is 17.4 Å². The van der Waals surface area contributed by atoms with E-state index < -0.39 is 11.7 Å². The van der Waals surface area contributed by atoms with Gasteiger partial charge in [0, 0.05) is 42.9 Å². The molecular formula is C28H26FN3O3. The van der Waals surface area contributed by atoms with Gasteiger partial charge < -0.3 is 14.8 Å². The van der Waals surface area contributed by atoms with E-state index in [4.69, 9.17) is 0 Å². The monoisotopic (exact) mass is 471 g/mol. The lowest BCUT2D eigenvalue weighted by Gasteiger charge is -2.43. The van der Waals surface area contributed by atoms with Gasteiger partial charge in [-0.1, -0.05) is 35.9 Å². The topological polar surface area (TPSA) is 71.4 Å². The van der Waals surface area contributed by atoms with Gasteiger partial charge in [-0.3, -0.25) is 14.4 Å². The molecule has 2 amide bonds. The van der Waals surface area contributed by atoms with Crippen LogP contribution in [0.15, 0.2) is 77.2 Å². The number of benzene rings is 2. The van der Waals surface area contributed by atoms with Crippen LogP contribution in [0.3, 0.4) is 0 Å². The zero-order valence-electron chi connectivity index (χ0n) is 19.4. The molecule has 2 aliphatic rings. The van der Waals surface area contributed by atoms with Crippen LogP contribution in [-0.4, -0.2) is 34.4 Å². The molecule has 1 aromatic heterocycles. The predicted molar refractivity (Wildman–Crippen MR) is 131 cm³/mol. The SMILES string of the molecule is Cc1ccc(C(=O)NC(=Cc2cccc(F)c2)C(=O)N2CC3CC(C2)c2cccc(=O)n2C3)cc1. The van der Waals surface area contributed by atoms with E-state index in [-0.39, 0.29) is 29.0 Å². The number of amides is 2. The number of pyridine rings is 1. The number of carbonyl (C=O) groups is 2. The zero-order valence-corrected chi connectivity index (χ0v) is 19.4. The van der Waals surface area contributed by atoms with Crippen molar-refractivity contribution < 1.29 is 14.0 Å². The van der Waals surface area contributed by atoms with Crippen molar-refractivity contribution in [1.82, 2.24) is 14.8 Å². The Balaban J connectivity index is 1.44. The fourth-order valence-corrected chi connectivity index (χ4v) is 5.05. The highest BCUT2D eigenvalue weighted by Crippen LogP contribution is 2.35. The molecule has 7 heteroatoms. The summed E-state index contributed by atoms with van der Waals surface area (Å²) in [6.07, 6.45) is 2.42. The van der Waals surface area contributed by atoms with Crippen LogP contribution in [-0.2, 0) is 11.3 Å². The van der Waals surface area contributed by atoms with Crippen molar-refractivity contribution in [1.29, 1.82) is 0 Å². The third-order valence-corrected chi connectivity index (χ3v) is 6.72. The first-order valence-corrected chi connectivity index (χ1v) is 11.7. The minimum Gasteiger partial charge on any atom is -0.336 e. The van der Waals surface area contributed by atoms with E-state index in [1.807, 2.05) is 29.7 Å². The number of aryl methyl sites for hydroxylation is 1. The number of likely N-dealkylation sites (tertiary alicyclic amines) is 1. The number of halogens is 1. The smallest absolute Gasteiger partial charge is 0.270 e. The second kappa shape index (κ2) is 9.33. The molecule has 1 fully saturated rings. The predicted octanol–water partition coefficient (Wildman–Crippen LogP) is 3.71. The Morgan fingerprint density at radius 1 is 1.00 bits per heavy atom. The standard InChI is InChI=1S/C28H26FN3O3/c1-18-8-10-21(11-9-18)27(34)30-24(14-19-4-2-5-23(29)13-19)28(35)31-15-20-12-22(17-31)25-6-3-7-26(33)32(25)16-20/h2-11,13-14,20,22H,12,15-17H2,1H3,(H,30,34). The molecule has 2 aliphatic heterocycles. The van der Waals surface area contributed by atoms with Gasteiger partial charge in [0.2, 0.25) is 0 Å². The minimum absolute atomic E-state index is 0.0194. The van der Waals surface area contributed by atoms with Gasteiger partial charge >= 0.3 is 0 Å². The molecule has 2 unspecified atom stereocenters. The zero-order chi connectivity index (χ0) is 24.5. The third kappa shape index (κ3) is 4.80. The first-order valence-electron chi connectivity index (χ1n) is 11.7. The Morgan fingerprint density at radius 2 is 1.77 bits per heavy atom. The lowest BCUT2D eigenvalue weighted by Crippen LogP contribution is -2.50. The Kier molecular flexibility index (Phi) is 6.07. The van der Waals surface area contributed by atoms with Gasteiger partial charge in [-0.05, 0) is 61.2 Å². The van der Waals surface area contributed by atoms with Crippen molar-refractivity contribution >= 4 is 17.9 Å². The summed E-state index contributed by atoms with van der Waals surface area (Å²) in [6.45, 7) is 3.42. The number of hydrogen-bond donors (Lipinski definition) is 1. The molecule has 2 aromatic carbocycles. The summed E-state index contributed by atoms with van der Waals surface area (Å²) in [4.78, 5) is 40.7. The largest absolute Gasteiger partial charge is 0.336 e. The minimum atomic E-state index is -0.426. The van der Waals surface area contributed by atoms with E-state index >= 15 is 0 Å². The number of nitrogens with one attached hydrogen (secondary N) is 1. The van der Waals surface area contributed by atoms with E-state index in [2.05, 4.69) is 5.32 Å². The van der Waals surface area contributed by atoms with Crippen LogP contribution < -0.4 is 10.9 Å². The molecule has 35 heavy (non-hydrogen) atoms. The van der Waals surface area contributed by atoms with E-state index in [0.717, 1.165) is 17.7 Å². The van der Waals surface area contributed by atoms with Gasteiger partial charge in [-0.2, -0.15) is 0 Å². The van der Waals surface area contributed by atoms with Crippen LogP contribution in [0.5, 0.6) is 0 Å². The van der Waals surface area contributed by atoms with Crippen molar-refractivity contribution in [3.63, 3.8) is 0 Å². The Bertz CT molecular complexity index is 1380. The maximum absolute atomic E-state index is 13.8. The molecule has 2 atom stereocenters. The van der Waals surface area contributed by atoms with Gasteiger partial charge in [-0.25, -0.2) is 4.39 Å². The highest BCUT2D eigenvalue weighted by Gasteiger charge is 2.37. The summed E-state index contributed by atoms with van der Waals surface area (Å²) >= 11 is 0. The quantitative estimate of drug-likeness (QED) is 0.590. The summed E-state index contributed by atoms with van der Waals surface area (Å²) in [7, 11) is 0. The molecule has 178 valence electrons. The van der Waals surface area contributed by atoms with Crippen LogP contribution >= 0.6 is 0 Å². The summed E-state index contributed by atoms with van der Waals surface area (Å²) in [5.41, 5.74) is 2.93. The van der Waals surface area contributed by atoms with Crippen LogP contribution in [0.2, 0.25) is 0 Å². The molecule has 0 spiro atoms. The second-order valence-electron chi connectivity index (χ2n) is 9.34. The first kappa shape index (κ1) is 22.8. The lowest BCUT2D eigenvalue weighted by atomic mass is 9.83. The van der Waals surface area contributed by atoms with Gasteiger partial charge in [0.1, 0.15) is 11.5 Å². The molecule has 6 nitrogen and oxygen atoms in total. The van der Waals surface area contributed by atoms with Crippen molar-refractivity contribution in [2.75, 3.05) is 13.1 Å². The molecule has 1 N–H and O–H groups in total. The molecule has 0 aliphatic carbocycles. The summed E-state index contributed by atoms with van der Waals surface area (Å²) < 4.78 is 15.6. The number of fused-ring (bicyclic) bond motifs is 4. The van der Waals surface area contributed by atoms with Crippen LogP contribution in [0, 0.1) is 18.7 Å². The molecular weight excluding hydrogens is 445 g/mol. The van der Waals surface area contributed by atoms with Crippen molar-refractivity contribution in [2.45, 2.75) is 25.8 Å². The number of aromatic nitrogens is 1. The number of hydrogen-bond acceptors (Lipinski definition) is 3. The average Bonchev–Trinajstić information content (AvgIpc) is 2.84. The molecule has 0 saturated carbocycles. The van der Waals surface area contributed by atoms with Crippen LogP contribution in [0.25, 0.3) is 6.08 Å². The van der Waals surface area contributed by atoms with Gasteiger partial charge in [0.05, 0.1) is 0 Å². The molecule has 2 bridgehead atoms. The Hall–Kier alpha value is -4.00. The van der Waals surface area contributed by atoms with E-state index in [1.165, 1.54) is 18.2 Å². The molecule has 0 radical (unpaired) electrons.